The number of aromatic nitrogens is 3. The Morgan fingerprint density at radius 2 is 1.89 bits per heavy atom. The van der Waals surface area contributed by atoms with Crippen LogP contribution in [-0.4, -0.2) is 20.7 Å². The van der Waals surface area contributed by atoms with Crippen molar-refractivity contribution < 1.29 is 4.79 Å². The largest absolute Gasteiger partial charge is 0.296 e. The van der Waals surface area contributed by atoms with Gasteiger partial charge in [0.15, 0.2) is 10.8 Å². The number of rotatable bonds is 3. The molecule has 0 atom stereocenters. The highest BCUT2D eigenvalue weighted by molar-refractivity contribution is 7.22. The van der Waals surface area contributed by atoms with Gasteiger partial charge >= 0.3 is 0 Å². The summed E-state index contributed by atoms with van der Waals surface area (Å²) in [6.07, 6.45) is 0. The number of anilines is 1. The fourth-order valence-corrected chi connectivity index (χ4v) is 3.62. The fraction of sp³-hybridized carbons (Fsp3) is 0.0526. The van der Waals surface area contributed by atoms with Crippen LogP contribution in [0.2, 0.25) is 5.02 Å². The number of aryl methyl sites for hydroxylation is 1. The van der Waals surface area contributed by atoms with Gasteiger partial charge in [-0.25, -0.2) is 9.67 Å². The van der Waals surface area contributed by atoms with E-state index in [0.29, 0.717) is 21.5 Å². The molecule has 0 unspecified atom stereocenters. The third kappa shape index (κ3) is 3.47. The molecule has 4 rings (SSSR count). The molecule has 0 aliphatic carbocycles. The van der Waals surface area contributed by atoms with Gasteiger partial charge in [-0.15, -0.1) is 0 Å². The van der Waals surface area contributed by atoms with Crippen molar-refractivity contribution in [1.29, 1.82) is 0 Å². The first kappa shape index (κ1) is 17.4. The number of hydrogen-bond donors (Lipinski definition) is 1. The predicted molar refractivity (Wildman–Crippen MR) is 107 cm³/mol. The van der Waals surface area contributed by atoms with E-state index in [9.17, 15) is 9.59 Å². The van der Waals surface area contributed by atoms with Gasteiger partial charge in [0.05, 0.1) is 15.9 Å². The normalized spacial score (nSPS) is 10.9. The van der Waals surface area contributed by atoms with Crippen LogP contribution in [0.25, 0.3) is 15.9 Å². The summed E-state index contributed by atoms with van der Waals surface area (Å²) >= 11 is 7.26. The number of amides is 1. The Hall–Kier alpha value is -3.03. The van der Waals surface area contributed by atoms with E-state index in [0.717, 1.165) is 10.2 Å². The molecule has 6 nitrogen and oxygen atoms in total. The third-order valence-corrected chi connectivity index (χ3v) is 5.11. The molecule has 0 aliphatic rings. The van der Waals surface area contributed by atoms with Crippen molar-refractivity contribution in [3.05, 3.63) is 81.2 Å². The Morgan fingerprint density at radius 3 is 2.63 bits per heavy atom. The van der Waals surface area contributed by atoms with Gasteiger partial charge in [-0.05, 0) is 43.3 Å². The van der Waals surface area contributed by atoms with E-state index in [1.165, 1.54) is 22.1 Å². The lowest BCUT2D eigenvalue weighted by atomic mass is 10.2. The van der Waals surface area contributed by atoms with E-state index in [1.807, 2.05) is 24.3 Å². The Labute approximate surface area is 163 Å². The van der Waals surface area contributed by atoms with Crippen molar-refractivity contribution in [1.82, 2.24) is 14.8 Å². The van der Waals surface area contributed by atoms with Crippen LogP contribution in [0.1, 0.15) is 16.2 Å². The van der Waals surface area contributed by atoms with Gasteiger partial charge < -0.3 is 0 Å². The van der Waals surface area contributed by atoms with Crippen molar-refractivity contribution in [3.63, 3.8) is 0 Å². The summed E-state index contributed by atoms with van der Waals surface area (Å²) in [4.78, 5) is 29.3. The van der Waals surface area contributed by atoms with Gasteiger partial charge in [-0.2, -0.15) is 5.10 Å². The van der Waals surface area contributed by atoms with E-state index in [1.54, 1.807) is 31.2 Å². The number of carbonyl (C=O) groups excluding carboxylic acids is 1. The van der Waals surface area contributed by atoms with Crippen molar-refractivity contribution in [3.8, 4) is 5.69 Å². The highest BCUT2D eigenvalue weighted by atomic mass is 35.5. The molecule has 0 fully saturated rings. The van der Waals surface area contributed by atoms with E-state index < -0.39 is 11.3 Å². The molecule has 8 heteroatoms. The number of nitrogens with zero attached hydrogens (tertiary/aromatic N) is 3. The highest BCUT2D eigenvalue weighted by Gasteiger charge is 2.17. The van der Waals surface area contributed by atoms with Gasteiger partial charge in [-0.1, -0.05) is 35.1 Å². The highest BCUT2D eigenvalue weighted by Crippen LogP contribution is 2.25. The van der Waals surface area contributed by atoms with Crippen LogP contribution in [0.3, 0.4) is 0 Å². The predicted octanol–water partition coefficient (Wildman–Crippen LogP) is 4.06. The molecular weight excluding hydrogens is 384 g/mol. The quantitative estimate of drug-likeness (QED) is 0.566. The number of nitrogens with one attached hydrogen (secondary N) is 1. The lowest BCUT2D eigenvalue weighted by Crippen LogP contribution is -2.26. The van der Waals surface area contributed by atoms with E-state index >= 15 is 0 Å². The molecule has 1 amide bonds. The lowest BCUT2D eigenvalue weighted by molar-refractivity contribution is 0.101. The molecule has 2 aromatic carbocycles. The molecule has 0 aliphatic heterocycles. The van der Waals surface area contributed by atoms with E-state index in [2.05, 4.69) is 15.4 Å². The zero-order chi connectivity index (χ0) is 19.0. The van der Waals surface area contributed by atoms with Crippen LogP contribution in [0.4, 0.5) is 5.13 Å². The first-order chi connectivity index (χ1) is 13.0. The molecule has 0 radical (unpaired) electrons. The minimum absolute atomic E-state index is 0.199. The minimum atomic E-state index is -0.596. The van der Waals surface area contributed by atoms with Crippen molar-refractivity contribution >= 4 is 44.2 Å². The smallest absolute Gasteiger partial charge is 0.281 e. The van der Waals surface area contributed by atoms with Crippen LogP contribution >= 0.6 is 22.9 Å². The molecule has 2 heterocycles. The van der Waals surface area contributed by atoms with E-state index in [4.69, 9.17) is 11.6 Å². The van der Waals surface area contributed by atoms with Crippen LogP contribution in [-0.2, 0) is 0 Å². The molecule has 4 aromatic rings. The molecule has 27 heavy (non-hydrogen) atoms. The molecule has 0 bridgehead atoms. The van der Waals surface area contributed by atoms with Crippen molar-refractivity contribution in [2.24, 2.45) is 0 Å². The summed E-state index contributed by atoms with van der Waals surface area (Å²) in [5.41, 5.74) is 1.45. The maximum atomic E-state index is 12.6. The summed E-state index contributed by atoms with van der Waals surface area (Å²) in [6, 6.07) is 15.9. The maximum absolute atomic E-state index is 12.6. The molecule has 0 spiro atoms. The van der Waals surface area contributed by atoms with Crippen LogP contribution in [0, 0.1) is 6.92 Å². The number of para-hydroxylation sites is 1. The first-order valence-corrected chi connectivity index (χ1v) is 9.24. The fourth-order valence-electron chi connectivity index (χ4n) is 2.63. The second-order valence-electron chi connectivity index (χ2n) is 5.83. The monoisotopic (exact) mass is 396 g/mol. The summed E-state index contributed by atoms with van der Waals surface area (Å²) in [6.45, 7) is 1.75. The van der Waals surface area contributed by atoms with E-state index in [-0.39, 0.29) is 5.69 Å². The Kier molecular flexibility index (Phi) is 4.47. The van der Waals surface area contributed by atoms with Crippen LogP contribution < -0.4 is 10.7 Å². The standard InChI is InChI=1S/C19H13ClN4O2S/c1-11-10-15(25)17(23-24(11)13-8-6-12(20)7-9-13)18(26)22-19-21-14-4-2-3-5-16(14)27-19/h2-10H,1H3,(H,21,22,26). The summed E-state index contributed by atoms with van der Waals surface area (Å²) in [7, 11) is 0. The van der Waals surface area contributed by atoms with Crippen LogP contribution in [0.15, 0.2) is 59.4 Å². The number of halogens is 1. The van der Waals surface area contributed by atoms with Gasteiger partial charge in [0.1, 0.15) is 0 Å². The topological polar surface area (TPSA) is 76.9 Å². The molecule has 0 saturated carbocycles. The van der Waals surface area contributed by atoms with Crippen molar-refractivity contribution in [2.75, 3.05) is 5.32 Å². The van der Waals surface area contributed by atoms with Gasteiger partial charge in [0.2, 0.25) is 5.43 Å². The Morgan fingerprint density at radius 1 is 1.15 bits per heavy atom. The number of thiazole rings is 1. The average Bonchev–Trinajstić information content (AvgIpc) is 3.05. The second kappa shape index (κ2) is 6.94. The summed E-state index contributed by atoms with van der Waals surface area (Å²) < 4.78 is 2.48. The number of hydrogen-bond acceptors (Lipinski definition) is 5. The number of benzene rings is 2. The third-order valence-electron chi connectivity index (χ3n) is 3.91. The molecular formula is C19H13ClN4O2S. The Balaban J connectivity index is 1.69. The summed E-state index contributed by atoms with van der Waals surface area (Å²) in [5, 5.41) is 7.92. The minimum Gasteiger partial charge on any atom is -0.296 e. The van der Waals surface area contributed by atoms with Gasteiger partial charge in [-0.3, -0.25) is 14.9 Å². The van der Waals surface area contributed by atoms with Crippen LogP contribution in [0.5, 0.6) is 0 Å². The number of carbonyl (C=O) groups is 1. The molecule has 1 N–H and O–H groups in total. The van der Waals surface area contributed by atoms with Gasteiger partial charge in [0, 0.05) is 16.8 Å². The molecule has 134 valence electrons. The second-order valence-corrected chi connectivity index (χ2v) is 7.29. The Bertz CT molecular complexity index is 1180. The summed E-state index contributed by atoms with van der Waals surface area (Å²) in [5.74, 6) is -0.596. The average molecular weight is 397 g/mol. The zero-order valence-electron chi connectivity index (χ0n) is 14.1. The first-order valence-electron chi connectivity index (χ1n) is 8.05. The van der Waals surface area contributed by atoms with Crippen molar-refractivity contribution in [2.45, 2.75) is 6.92 Å². The molecule has 0 saturated heterocycles. The maximum Gasteiger partial charge on any atom is 0.281 e. The zero-order valence-corrected chi connectivity index (χ0v) is 15.7. The SMILES string of the molecule is Cc1cc(=O)c(C(=O)Nc2nc3ccccc3s2)nn1-c1ccc(Cl)cc1. The number of fused-ring (bicyclic) bond motifs is 1. The van der Waals surface area contributed by atoms with Gasteiger partial charge in [0.25, 0.3) is 5.91 Å². The lowest BCUT2D eigenvalue weighted by Gasteiger charge is -2.11. The molecule has 2 aromatic heterocycles.